The summed E-state index contributed by atoms with van der Waals surface area (Å²) >= 11 is 5.90. The van der Waals surface area contributed by atoms with Crippen molar-refractivity contribution in [2.75, 3.05) is 18.8 Å². The Morgan fingerprint density at radius 1 is 1.47 bits per heavy atom. The molecule has 1 unspecified atom stereocenters. The number of rotatable bonds is 2. The zero-order valence-corrected chi connectivity index (χ0v) is 11.1. The minimum atomic E-state index is -0.380. The summed E-state index contributed by atoms with van der Waals surface area (Å²) in [5.41, 5.74) is 11.5. The lowest BCUT2D eigenvalue weighted by molar-refractivity contribution is -0.123. The van der Waals surface area contributed by atoms with Crippen LogP contribution in [0.5, 0.6) is 0 Å². The van der Waals surface area contributed by atoms with E-state index in [1.165, 1.54) is 12.3 Å². The van der Waals surface area contributed by atoms with Crippen LogP contribution in [0, 0.1) is 5.92 Å². The maximum absolute atomic E-state index is 12.3. The molecule has 0 bridgehead atoms. The molecule has 1 aromatic rings. The predicted molar refractivity (Wildman–Crippen MR) is 71.5 cm³/mol. The average Bonchev–Trinajstić information content (AvgIpc) is 2.41. The number of anilines is 1. The molecular formula is C12H15ClN4O2. The third-order valence-corrected chi connectivity index (χ3v) is 3.50. The lowest BCUT2D eigenvalue weighted by Crippen LogP contribution is -2.44. The van der Waals surface area contributed by atoms with Crippen LogP contribution >= 0.6 is 11.6 Å². The summed E-state index contributed by atoms with van der Waals surface area (Å²) in [6.07, 6.45) is 2.84. The first-order valence-corrected chi connectivity index (χ1v) is 6.36. The summed E-state index contributed by atoms with van der Waals surface area (Å²) in [6, 6.07) is 1.49. The summed E-state index contributed by atoms with van der Waals surface area (Å²) in [7, 11) is 0. The third-order valence-electron chi connectivity index (χ3n) is 3.20. The van der Waals surface area contributed by atoms with Crippen molar-refractivity contribution in [1.82, 2.24) is 9.88 Å². The van der Waals surface area contributed by atoms with Gasteiger partial charge in [-0.25, -0.2) is 4.98 Å². The van der Waals surface area contributed by atoms with Gasteiger partial charge in [0.15, 0.2) is 0 Å². The molecule has 0 aliphatic carbocycles. The Morgan fingerprint density at radius 2 is 2.21 bits per heavy atom. The average molecular weight is 283 g/mol. The van der Waals surface area contributed by atoms with Gasteiger partial charge < -0.3 is 16.4 Å². The number of hydrogen-bond acceptors (Lipinski definition) is 4. The molecule has 0 saturated carbocycles. The smallest absolute Gasteiger partial charge is 0.257 e. The molecule has 0 spiro atoms. The second kappa shape index (κ2) is 5.44. The molecule has 1 atom stereocenters. The van der Waals surface area contributed by atoms with Crippen molar-refractivity contribution >= 4 is 29.1 Å². The van der Waals surface area contributed by atoms with E-state index >= 15 is 0 Å². The monoisotopic (exact) mass is 282 g/mol. The summed E-state index contributed by atoms with van der Waals surface area (Å²) in [5.74, 6) is -0.949. The first-order valence-electron chi connectivity index (χ1n) is 5.98. The van der Waals surface area contributed by atoms with Gasteiger partial charge in [0, 0.05) is 13.1 Å². The number of nitrogens with zero attached hydrogens (tertiary/aromatic N) is 2. The molecule has 1 aliphatic heterocycles. The quantitative estimate of drug-likeness (QED) is 0.778. The van der Waals surface area contributed by atoms with Crippen molar-refractivity contribution in [1.29, 1.82) is 0 Å². The number of aromatic nitrogens is 1. The fourth-order valence-corrected chi connectivity index (χ4v) is 2.36. The van der Waals surface area contributed by atoms with Crippen molar-refractivity contribution in [3.8, 4) is 0 Å². The van der Waals surface area contributed by atoms with Crippen molar-refractivity contribution in [3.63, 3.8) is 0 Å². The number of carbonyl (C=O) groups is 2. The Kier molecular flexibility index (Phi) is 3.90. The van der Waals surface area contributed by atoms with Crippen molar-refractivity contribution in [2.45, 2.75) is 12.8 Å². The highest BCUT2D eigenvalue weighted by Gasteiger charge is 2.28. The predicted octanol–water partition coefficient (Wildman–Crippen LogP) is 0.655. The van der Waals surface area contributed by atoms with Gasteiger partial charge in [-0.1, -0.05) is 11.6 Å². The normalized spacial score (nSPS) is 19.2. The number of hydrogen-bond donors (Lipinski definition) is 2. The Balaban J connectivity index is 2.19. The topological polar surface area (TPSA) is 102 Å². The number of nitrogens with two attached hydrogens (primary N) is 2. The van der Waals surface area contributed by atoms with E-state index < -0.39 is 0 Å². The molecule has 7 heteroatoms. The fraction of sp³-hybridized carbons (Fsp3) is 0.417. The SMILES string of the molecule is NC(=O)C1CCCN(C(=O)c2cc(N)cnc2Cl)C1. The summed E-state index contributed by atoms with van der Waals surface area (Å²) in [4.78, 5) is 29.0. The first-order chi connectivity index (χ1) is 8.99. The molecule has 2 amide bonds. The molecule has 2 heterocycles. The van der Waals surface area contributed by atoms with Crippen LogP contribution in [0.2, 0.25) is 5.15 Å². The third kappa shape index (κ3) is 2.96. The Labute approximate surface area is 115 Å². The second-order valence-corrected chi connectivity index (χ2v) is 4.96. The van der Waals surface area contributed by atoms with E-state index in [4.69, 9.17) is 23.1 Å². The Morgan fingerprint density at radius 3 is 2.89 bits per heavy atom. The minimum Gasteiger partial charge on any atom is -0.397 e. The highest BCUT2D eigenvalue weighted by molar-refractivity contribution is 6.32. The second-order valence-electron chi connectivity index (χ2n) is 4.60. The first kappa shape index (κ1) is 13.6. The zero-order valence-electron chi connectivity index (χ0n) is 10.3. The summed E-state index contributed by atoms with van der Waals surface area (Å²) in [5, 5.41) is 0.111. The van der Waals surface area contributed by atoms with Gasteiger partial charge in [-0.2, -0.15) is 0 Å². The summed E-state index contributed by atoms with van der Waals surface area (Å²) < 4.78 is 0. The van der Waals surface area contributed by atoms with Gasteiger partial charge in [0.05, 0.1) is 23.4 Å². The van der Waals surface area contributed by atoms with Crippen LogP contribution in [0.3, 0.4) is 0 Å². The van der Waals surface area contributed by atoms with E-state index in [1.807, 2.05) is 0 Å². The van der Waals surface area contributed by atoms with E-state index in [9.17, 15) is 9.59 Å². The lowest BCUT2D eigenvalue weighted by atomic mass is 9.97. The molecule has 6 nitrogen and oxygen atoms in total. The molecule has 1 fully saturated rings. The van der Waals surface area contributed by atoms with E-state index in [0.29, 0.717) is 25.2 Å². The van der Waals surface area contributed by atoms with Crippen LogP contribution in [0.25, 0.3) is 0 Å². The van der Waals surface area contributed by atoms with Crippen molar-refractivity contribution in [3.05, 3.63) is 23.0 Å². The molecule has 0 aromatic carbocycles. The van der Waals surface area contributed by atoms with Crippen LogP contribution < -0.4 is 11.5 Å². The Hall–Kier alpha value is -1.82. The van der Waals surface area contributed by atoms with Gasteiger partial charge in [-0.3, -0.25) is 9.59 Å². The van der Waals surface area contributed by atoms with Gasteiger partial charge >= 0.3 is 0 Å². The van der Waals surface area contributed by atoms with Crippen molar-refractivity contribution in [2.24, 2.45) is 11.7 Å². The number of amides is 2. The number of primary amides is 1. The molecule has 19 heavy (non-hydrogen) atoms. The number of halogens is 1. The number of likely N-dealkylation sites (tertiary alicyclic amines) is 1. The molecule has 1 saturated heterocycles. The maximum atomic E-state index is 12.3. The largest absolute Gasteiger partial charge is 0.397 e. The van der Waals surface area contributed by atoms with Crippen LogP contribution in [-0.2, 0) is 4.79 Å². The number of pyridine rings is 1. The maximum Gasteiger partial charge on any atom is 0.257 e. The van der Waals surface area contributed by atoms with Crippen LogP contribution in [0.1, 0.15) is 23.2 Å². The van der Waals surface area contributed by atoms with Gasteiger partial charge in [0.2, 0.25) is 5.91 Å². The van der Waals surface area contributed by atoms with Gasteiger partial charge in [-0.15, -0.1) is 0 Å². The number of carbonyl (C=O) groups excluding carboxylic acids is 2. The fourth-order valence-electron chi connectivity index (χ4n) is 2.18. The van der Waals surface area contributed by atoms with Gasteiger partial charge in [0.1, 0.15) is 5.15 Å². The highest BCUT2D eigenvalue weighted by atomic mass is 35.5. The number of nitrogen functional groups attached to an aromatic ring is 1. The van der Waals surface area contributed by atoms with E-state index in [0.717, 1.165) is 6.42 Å². The zero-order chi connectivity index (χ0) is 14.0. The summed E-state index contributed by atoms with van der Waals surface area (Å²) in [6.45, 7) is 0.896. The van der Waals surface area contributed by atoms with Crippen LogP contribution in [-0.4, -0.2) is 34.8 Å². The molecule has 4 N–H and O–H groups in total. The molecule has 2 rings (SSSR count). The molecule has 102 valence electrons. The van der Waals surface area contributed by atoms with E-state index in [-0.39, 0.29) is 28.4 Å². The molecule has 1 aliphatic rings. The van der Waals surface area contributed by atoms with Gasteiger partial charge in [-0.05, 0) is 18.9 Å². The van der Waals surface area contributed by atoms with Gasteiger partial charge in [0.25, 0.3) is 5.91 Å². The Bertz CT molecular complexity index is 520. The minimum absolute atomic E-state index is 0.111. The highest BCUT2D eigenvalue weighted by Crippen LogP contribution is 2.22. The standard InChI is InChI=1S/C12H15ClN4O2/c13-10-9(4-8(14)5-16-10)12(19)17-3-1-2-7(6-17)11(15)18/h4-5,7H,1-3,6,14H2,(H2,15,18). The molecular weight excluding hydrogens is 268 g/mol. The van der Waals surface area contributed by atoms with E-state index in [1.54, 1.807) is 4.90 Å². The molecule has 1 aromatic heterocycles. The lowest BCUT2D eigenvalue weighted by Gasteiger charge is -2.31. The molecule has 0 radical (unpaired) electrons. The van der Waals surface area contributed by atoms with Crippen LogP contribution in [0.4, 0.5) is 5.69 Å². The van der Waals surface area contributed by atoms with Crippen molar-refractivity contribution < 1.29 is 9.59 Å². The number of piperidine rings is 1. The van der Waals surface area contributed by atoms with Crippen LogP contribution in [0.15, 0.2) is 12.3 Å². The van der Waals surface area contributed by atoms with E-state index in [2.05, 4.69) is 4.98 Å².